The molecule has 1 aromatic heterocycles. The van der Waals surface area contributed by atoms with E-state index in [0.717, 1.165) is 32.4 Å². The Labute approximate surface area is 168 Å². The van der Waals surface area contributed by atoms with Gasteiger partial charge in [0.05, 0.1) is 0 Å². The topological polar surface area (TPSA) is 68.4 Å². The predicted molar refractivity (Wildman–Crippen MR) is 114 cm³/mol. The summed E-state index contributed by atoms with van der Waals surface area (Å²) >= 11 is 0. The van der Waals surface area contributed by atoms with E-state index in [-0.39, 0.29) is 6.04 Å². The molecule has 1 aromatic carbocycles. The molecule has 2 N–H and O–H groups in total. The summed E-state index contributed by atoms with van der Waals surface area (Å²) in [4.78, 5) is 5.93. The van der Waals surface area contributed by atoms with Crippen molar-refractivity contribution in [3.63, 3.8) is 0 Å². The number of hydrogen-bond acceptors (Lipinski definition) is 3. The summed E-state index contributed by atoms with van der Waals surface area (Å²) < 4.78 is 30.2. The zero-order valence-electron chi connectivity index (χ0n) is 17.1. The highest BCUT2D eigenvalue weighted by atomic mass is 32.2. The summed E-state index contributed by atoms with van der Waals surface area (Å²) in [6, 6.07) is 6.88. The van der Waals surface area contributed by atoms with E-state index in [1.807, 2.05) is 13.8 Å². The van der Waals surface area contributed by atoms with Gasteiger partial charge in [-0.1, -0.05) is 32.9 Å². The van der Waals surface area contributed by atoms with Crippen LogP contribution in [-0.4, -0.2) is 60.9 Å². The van der Waals surface area contributed by atoms with Gasteiger partial charge in [-0.25, -0.2) is 0 Å². The van der Waals surface area contributed by atoms with Crippen LogP contribution in [0.15, 0.2) is 24.4 Å². The molecule has 7 heteroatoms. The molecule has 0 bridgehead atoms. The molecule has 3 unspecified atom stereocenters. The van der Waals surface area contributed by atoms with Crippen molar-refractivity contribution in [2.75, 3.05) is 26.2 Å². The molecule has 2 aromatic rings. The minimum atomic E-state index is -3.45. The van der Waals surface area contributed by atoms with E-state index in [4.69, 9.17) is 0 Å². The number of aromatic amines is 1. The number of nitrogens with one attached hydrogen (secondary N) is 2. The van der Waals surface area contributed by atoms with Gasteiger partial charge in [-0.15, -0.1) is 0 Å². The molecule has 4 rings (SSSR count). The Morgan fingerprint density at radius 2 is 2.04 bits per heavy atom. The first-order chi connectivity index (χ1) is 13.5. The molecular weight excluding hydrogens is 372 g/mol. The van der Waals surface area contributed by atoms with Gasteiger partial charge in [0.1, 0.15) is 0 Å². The summed E-state index contributed by atoms with van der Waals surface area (Å²) in [5.41, 5.74) is 3.96. The quantitative estimate of drug-likeness (QED) is 0.746. The first-order valence-electron chi connectivity index (χ1n) is 10.6. The molecule has 2 heterocycles. The van der Waals surface area contributed by atoms with Gasteiger partial charge in [-0.05, 0) is 43.0 Å². The van der Waals surface area contributed by atoms with Crippen molar-refractivity contribution in [3.8, 4) is 0 Å². The average Bonchev–Trinajstić information content (AvgIpc) is 3.08. The van der Waals surface area contributed by atoms with Gasteiger partial charge in [0, 0.05) is 54.7 Å². The third-order valence-corrected chi connectivity index (χ3v) is 8.27. The lowest BCUT2D eigenvalue weighted by Crippen LogP contribution is -2.57. The minimum Gasteiger partial charge on any atom is -0.361 e. The third kappa shape index (κ3) is 3.38. The van der Waals surface area contributed by atoms with Crippen molar-refractivity contribution in [1.29, 1.82) is 0 Å². The fourth-order valence-electron chi connectivity index (χ4n) is 5.28. The van der Waals surface area contributed by atoms with Crippen molar-refractivity contribution in [1.82, 2.24) is 18.9 Å². The zero-order valence-corrected chi connectivity index (χ0v) is 17.9. The van der Waals surface area contributed by atoms with E-state index in [2.05, 4.69) is 45.9 Å². The summed E-state index contributed by atoms with van der Waals surface area (Å²) in [6.45, 7) is 8.75. The summed E-state index contributed by atoms with van der Waals surface area (Å²) in [7, 11) is -3.45. The molecule has 1 saturated heterocycles. The lowest BCUT2D eigenvalue weighted by molar-refractivity contribution is 0.105. The average molecular weight is 405 g/mol. The van der Waals surface area contributed by atoms with E-state index < -0.39 is 10.2 Å². The minimum absolute atomic E-state index is 0.0610. The first-order valence-corrected chi connectivity index (χ1v) is 12.0. The van der Waals surface area contributed by atoms with Crippen LogP contribution in [0.3, 0.4) is 0 Å². The second-order valence-corrected chi connectivity index (χ2v) is 9.80. The van der Waals surface area contributed by atoms with E-state index in [9.17, 15) is 8.42 Å². The highest BCUT2D eigenvalue weighted by molar-refractivity contribution is 7.87. The number of likely N-dealkylation sites (tertiary alicyclic amines) is 1. The van der Waals surface area contributed by atoms with Crippen LogP contribution in [0, 0.1) is 0 Å². The van der Waals surface area contributed by atoms with E-state index in [0.29, 0.717) is 25.0 Å². The number of fused-ring (bicyclic) bond motifs is 2. The molecular formula is C21H32N4O2S. The Morgan fingerprint density at radius 3 is 2.75 bits per heavy atom. The van der Waals surface area contributed by atoms with Gasteiger partial charge >= 0.3 is 0 Å². The smallest absolute Gasteiger partial charge is 0.279 e. The van der Waals surface area contributed by atoms with Gasteiger partial charge in [0.25, 0.3) is 10.2 Å². The molecule has 1 aliphatic carbocycles. The van der Waals surface area contributed by atoms with Crippen LogP contribution in [0.1, 0.15) is 50.7 Å². The van der Waals surface area contributed by atoms with Crippen molar-refractivity contribution >= 4 is 21.1 Å². The number of aromatic nitrogens is 1. The SMILES string of the molecule is CCCN1CC(NS(=O)(=O)N(CC)CC)CC2c3cccc4[nH]cc(c34)CC21. The molecule has 0 spiro atoms. The lowest BCUT2D eigenvalue weighted by Gasteiger charge is -2.47. The Balaban J connectivity index is 1.66. The normalized spacial score (nSPS) is 25.4. The number of nitrogens with zero attached hydrogens (tertiary/aromatic N) is 2. The molecule has 1 fully saturated rings. The molecule has 1 aliphatic heterocycles. The summed E-state index contributed by atoms with van der Waals surface area (Å²) in [5, 5.41) is 1.35. The van der Waals surface area contributed by atoms with E-state index in [1.165, 1.54) is 26.3 Å². The Morgan fingerprint density at radius 1 is 1.25 bits per heavy atom. The van der Waals surface area contributed by atoms with Crippen LogP contribution < -0.4 is 4.72 Å². The zero-order chi connectivity index (χ0) is 19.9. The predicted octanol–water partition coefficient (Wildman–Crippen LogP) is 2.84. The second kappa shape index (κ2) is 7.78. The van der Waals surface area contributed by atoms with Crippen LogP contribution >= 0.6 is 0 Å². The highest BCUT2D eigenvalue weighted by Crippen LogP contribution is 2.43. The Hall–Kier alpha value is -1.41. The number of H-pyrrole nitrogens is 1. The molecule has 3 atom stereocenters. The molecule has 6 nitrogen and oxygen atoms in total. The molecule has 154 valence electrons. The van der Waals surface area contributed by atoms with Crippen molar-refractivity contribution in [3.05, 3.63) is 35.5 Å². The lowest BCUT2D eigenvalue weighted by atomic mass is 9.74. The maximum absolute atomic E-state index is 12.8. The monoisotopic (exact) mass is 404 g/mol. The fraction of sp³-hybridized carbons (Fsp3) is 0.619. The van der Waals surface area contributed by atoms with E-state index >= 15 is 0 Å². The van der Waals surface area contributed by atoms with Crippen LogP contribution in [0.2, 0.25) is 0 Å². The van der Waals surface area contributed by atoms with Crippen molar-refractivity contribution in [2.24, 2.45) is 0 Å². The van der Waals surface area contributed by atoms with Crippen LogP contribution in [0.4, 0.5) is 0 Å². The van der Waals surface area contributed by atoms with Gasteiger partial charge in [0.2, 0.25) is 0 Å². The first kappa shape index (κ1) is 19.9. The maximum Gasteiger partial charge on any atom is 0.279 e. The maximum atomic E-state index is 12.8. The number of hydrogen-bond donors (Lipinski definition) is 2. The van der Waals surface area contributed by atoms with Gasteiger partial charge < -0.3 is 4.98 Å². The second-order valence-electron chi connectivity index (χ2n) is 8.10. The number of piperidine rings is 1. The molecule has 28 heavy (non-hydrogen) atoms. The highest BCUT2D eigenvalue weighted by Gasteiger charge is 2.41. The van der Waals surface area contributed by atoms with Crippen LogP contribution in [0.5, 0.6) is 0 Å². The van der Waals surface area contributed by atoms with Gasteiger partial charge in [0.15, 0.2) is 0 Å². The van der Waals surface area contributed by atoms with Gasteiger partial charge in [-0.2, -0.15) is 17.4 Å². The molecule has 0 amide bonds. The molecule has 2 aliphatic rings. The standard InChI is InChI=1S/C21H32N4O2S/c1-4-10-24-14-16(23-28(26,27)25(5-2)6-3)12-18-17-8-7-9-19-21(17)15(13-22-19)11-20(18)24/h7-9,13,16,18,20,22-23H,4-6,10-12,14H2,1-3H3. The Bertz CT molecular complexity index is 935. The third-order valence-electron chi connectivity index (χ3n) is 6.45. The summed E-state index contributed by atoms with van der Waals surface area (Å²) in [6.07, 6.45) is 5.12. The van der Waals surface area contributed by atoms with Crippen LogP contribution in [0.25, 0.3) is 10.9 Å². The molecule has 0 saturated carbocycles. The number of benzene rings is 1. The van der Waals surface area contributed by atoms with E-state index in [1.54, 1.807) is 0 Å². The largest absolute Gasteiger partial charge is 0.361 e. The molecule has 0 radical (unpaired) electrons. The fourth-order valence-corrected chi connectivity index (χ4v) is 6.70. The Kier molecular flexibility index (Phi) is 5.53. The summed E-state index contributed by atoms with van der Waals surface area (Å²) in [5.74, 6) is 0.358. The van der Waals surface area contributed by atoms with Crippen LogP contribution in [-0.2, 0) is 16.6 Å². The number of rotatable bonds is 7. The van der Waals surface area contributed by atoms with Gasteiger partial charge in [-0.3, -0.25) is 4.90 Å². The van der Waals surface area contributed by atoms with Crippen molar-refractivity contribution in [2.45, 2.75) is 58.0 Å². The van der Waals surface area contributed by atoms with Crippen molar-refractivity contribution < 1.29 is 8.42 Å².